The molecule has 4 aliphatic carbocycles. The highest BCUT2D eigenvalue weighted by molar-refractivity contribution is 5.72. The molecule has 2 unspecified atom stereocenters. The third-order valence-corrected chi connectivity index (χ3v) is 8.27. The minimum absolute atomic E-state index is 0.315. The summed E-state index contributed by atoms with van der Waals surface area (Å²) in [6, 6.07) is 4.31. The Hall–Kier alpha value is -1.41. The minimum atomic E-state index is -0.471. The van der Waals surface area contributed by atoms with Gasteiger partial charge in [0, 0.05) is 12.4 Å². The SMILES string of the molecule is C[C@@]1(O)CCC2C(=CC[C@@H]3C2CC[C@]2(C)C(c4cccnc4)=CC[C@@H]32)C1. The van der Waals surface area contributed by atoms with E-state index in [2.05, 4.69) is 36.2 Å². The Bertz CT molecular complexity index is 762. The van der Waals surface area contributed by atoms with Crippen LogP contribution in [0.5, 0.6) is 0 Å². The van der Waals surface area contributed by atoms with Gasteiger partial charge in [-0.05, 0) is 98.2 Å². The van der Waals surface area contributed by atoms with Crippen molar-refractivity contribution >= 4 is 5.57 Å². The summed E-state index contributed by atoms with van der Waals surface area (Å²) in [5, 5.41) is 10.5. The van der Waals surface area contributed by atoms with Crippen molar-refractivity contribution in [3.8, 4) is 0 Å². The van der Waals surface area contributed by atoms with Gasteiger partial charge in [0.05, 0.1) is 5.60 Å². The van der Waals surface area contributed by atoms with Crippen molar-refractivity contribution in [2.45, 2.75) is 64.4 Å². The maximum absolute atomic E-state index is 10.5. The van der Waals surface area contributed by atoms with Crippen LogP contribution in [-0.2, 0) is 0 Å². The van der Waals surface area contributed by atoms with E-state index in [1.54, 1.807) is 11.1 Å². The van der Waals surface area contributed by atoms with Crippen molar-refractivity contribution in [3.63, 3.8) is 0 Å². The van der Waals surface area contributed by atoms with E-state index in [1.165, 1.54) is 37.7 Å². The predicted octanol–water partition coefficient (Wildman–Crippen LogP) is 5.40. The van der Waals surface area contributed by atoms with Gasteiger partial charge in [0.2, 0.25) is 0 Å². The van der Waals surface area contributed by atoms with Crippen molar-refractivity contribution in [1.29, 1.82) is 0 Å². The Morgan fingerprint density at radius 1 is 1.08 bits per heavy atom. The number of rotatable bonds is 1. The molecule has 6 atom stereocenters. The van der Waals surface area contributed by atoms with Gasteiger partial charge in [-0.15, -0.1) is 0 Å². The van der Waals surface area contributed by atoms with Crippen LogP contribution in [-0.4, -0.2) is 15.7 Å². The third-order valence-electron chi connectivity index (χ3n) is 8.27. The zero-order chi connectivity index (χ0) is 17.9. The Balaban J connectivity index is 1.44. The molecule has 0 spiro atoms. The molecule has 0 aliphatic heterocycles. The van der Waals surface area contributed by atoms with Crippen LogP contribution in [0.1, 0.15) is 64.4 Å². The molecule has 0 amide bonds. The quantitative estimate of drug-likeness (QED) is 0.689. The van der Waals surface area contributed by atoms with Crippen LogP contribution in [0.15, 0.2) is 42.3 Å². The smallest absolute Gasteiger partial charge is 0.0657 e. The van der Waals surface area contributed by atoms with E-state index < -0.39 is 5.60 Å². The molecule has 0 radical (unpaired) electrons. The van der Waals surface area contributed by atoms with E-state index in [0.29, 0.717) is 5.41 Å². The van der Waals surface area contributed by atoms with Gasteiger partial charge in [0.25, 0.3) is 0 Å². The van der Waals surface area contributed by atoms with Gasteiger partial charge in [-0.2, -0.15) is 0 Å². The monoisotopic (exact) mass is 349 g/mol. The zero-order valence-corrected chi connectivity index (χ0v) is 16.1. The van der Waals surface area contributed by atoms with Crippen LogP contribution in [0, 0.1) is 29.1 Å². The van der Waals surface area contributed by atoms with Crippen LogP contribution in [0.25, 0.3) is 5.57 Å². The van der Waals surface area contributed by atoms with Crippen molar-refractivity contribution < 1.29 is 5.11 Å². The number of fused-ring (bicyclic) bond motifs is 5. The molecular weight excluding hydrogens is 318 g/mol. The first kappa shape index (κ1) is 16.7. The summed E-state index contributed by atoms with van der Waals surface area (Å²) >= 11 is 0. The average Bonchev–Trinajstić information content (AvgIpc) is 2.98. The van der Waals surface area contributed by atoms with Gasteiger partial charge < -0.3 is 5.11 Å². The second-order valence-corrected chi connectivity index (χ2v) is 9.82. The number of pyridine rings is 1. The number of allylic oxidation sites excluding steroid dienone is 3. The Morgan fingerprint density at radius 3 is 2.77 bits per heavy atom. The number of hydrogen-bond acceptors (Lipinski definition) is 2. The minimum Gasteiger partial charge on any atom is -0.390 e. The Labute approximate surface area is 157 Å². The summed E-state index contributed by atoms with van der Waals surface area (Å²) in [4.78, 5) is 4.37. The van der Waals surface area contributed by atoms with Gasteiger partial charge in [-0.1, -0.05) is 30.7 Å². The molecule has 2 nitrogen and oxygen atoms in total. The molecule has 2 fully saturated rings. The third kappa shape index (κ3) is 2.45. The topological polar surface area (TPSA) is 33.1 Å². The lowest BCUT2D eigenvalue weighted by molar-refractivity contribution is -0.0122. The van der Waals surface area contributed by atoms with Crippen LogP contribution < -0.4 is 0 Å². The Kier molecular flexibility index (Phi) is 3.73. The molecular formula is C24H31NO. The molecule has 2 heteroatoms. The van der Waals surface area contributed by atoms with Crippen molar-refractivity contribution in [1.82, 2.24) is 4.98 Å². The molecule has 138 valence electrons. The van der Waals surface area contributed by atoms with E-state index in [-0.39, 0.29) is 0 Å². The highest BCUT2D eigenvalue weighted by atomic mass is 16.3. The van der Waals surface area contributed by atoms with E-state index >= 15 is 0 Å². The first-order valence-corrected chi connectivity index (χ1v) is 10.5. The van der Waals surface area contributed by atoms with Crippen LogP contribution in [0.2, 0.25) is 0 Å². The number of aliphatic hydroxyl groups is 1. The summed E-state index contributed by atoms with van der Waals surface area (Å²) in [5.41, 5.74) is 4.30. The van der Waals surface area contributed by atoms with Gasteiger partial charge in [0.1, 0.15) is 0 Å². The highest BCUT2D eigenvalue weighted by Gasteiger charge is 2.53. The summed E-state index contributed by atoms with van der Waals surface area (Å²) in [7, 11) is 0. The predicted molar refractivity (Wildman–Crippen MR) is 105 cm³/mol. The molecule has 1 N–H and O–H groups in total. The second-order valence-electron chi connectivity index (χ2n) is 9.82. The summed E-state index contributed by atoms with van der Waals surface area (Å²) in [5.74, 6) is 3.17. The van der Waals surface area contributed by atoms with Gasteiger partial charge in [-0.25, -0.2) is 0 Å². The molecule has 0 bridgehead atoms. The van der Waals surface area contributed by atoms with E-state index in [4.69, 9.17) is 0 Å². The lowest BCUT2D eigenvalue weighted by Gasteiger charge is -2.54. The number of hydrogen-bond donors (Lipinski definition) is 1. The molecule has 4 aliphatic rings. The lowest BCUT2D eigenvalue weighted by atomic mass is 9.51. The average molecular weight is 350 g/mol. The molecule has 5 rings (SSSR count). The largest absolute Gasteiger partial charge is 0.390 e. The molecule has 26 heavy (non-hydrogen) atoms. The van der Waals surface area contributed by atoms with E-state index in [9.17, 15) is 5.11 Å². The molecule has 0 aromatic carbocycles. The van der Waals surface area contributed by atoms with E-state index in [0.717, 1.165) is 36.5 Å². The molecule has 1 heterocycles. The van der Waals surface area contributed by atoms with Crippen molar-refractivity contribution in [3.05, 3.63) is 47.8 Å². The molecule has 1 aromatic rings. The molecule has 1 aromatic heterocycles. The second kappa shape index (κ2) is 5.79. The normalized spacial score (nSPS) is 44.4. The zero-order valence-electron chi connectivity index (χ0n) is 16.1. The summed E-state index contributed by atoms with van der Waals surface area (Å²) in [6.07, 6.45) is 17.1. The fraction of sp³-hybridized carbons (Fsp3) is 0.625. The van der Waals surface area contributed by atoms with Gasteiger partial charge in [-0.3, -0.25) is 4.98 Å². The fourth-order valence-electron chi connectivity index (χ4n) is 7.00. The maximum atomic E-state index is 10.5. The van der Waals surface area contributed by atoms with Crippen LogP contribution in [0.3, 0.4) is 0 Å². The first-order valence-electron chi connectivity index (χ1n) is 10.5. The molecule has 2 saturated carbocycles. The standard InChI is InChI=1S/C24H31NO/c1-23(26)11-9-18-16(14-23)5-6-20-19(18)10-12-24(2)21(7-8-22(20)24)17-4-3-13-25-15-17/h3-5,7,13,15,18-20,22,26H,6,8-12,14H2,1-2H3/t18?,19?,20-,22+,23-,24-/m1/s1. The van der Waals surface area contributed by atoms with Crippen molar-refractivity contribution in [2.75, 3.05) is 0 Å². The lowest BCUT2D eigenvalue weighted by Crippen LogP contribution is -2.46. The molecule has 0 saturated heterocycles. The summed E-state index contributed by atoms with van der Waals surface area (Å²) in [6.45, 7) is 4.54. The fourth-order valence-corrected chi connectivity index (χ4v) is 7.00. The van der Waals surface area contributed by atoms with Crippen LogP contribution >= 0.6 is 0 Å². The number of aromatic nitrogens is 1. The van der Waals surface area contributed by atoms with Gasteiger partial charge in [0.15, 0.2) is 0 Å². The Morgan fingerprint density at radius 2 is 1.96 bits per heavy atom. The highest BCUT2D eigenvalue weighted by Crippen LogP contribution is 2.63. The summed E-state index contributed by atoms with van der Waals surface area (Å²) < 4.78 is 0. The maximum Gasteiger partial charge on any atom is 0.0657 e. The number of nitrogens with zero attached hydrogens (tertiary/aromatic N) is 1. The van der Waals surface area contributed by atoms with Crippen LogP contribution in [0.4, 0.5) is 0 Å². The van der Waals surface area contributed by atoms with E-state index in [1.807, 2.05) is 19.3 Å². The van der Waals surface area contributed by atoms with Gasteiger partial charge >= 0.3 is 0 Å². The van der Waals surface area contributed by atoms with Crippen molar-refractivity contribution in [2.24, 2.45) is 29.1 Å². The first-order chi connectivity index (χ1) is 12.5.